The van der Waals surface area contributed by atoms with Crippen molar-refractivity contribution in [1.29, 1.82) is 0 Å². The number of amides is 1. The van der Waals surface area contributed by atoms with Gasteiger partial charge in [-0.15, -0.1) is 0 Å². The Labute approximate surface area is 111 Å². The van der Waals surface area contributed by atoms with Gasteiger partial charge in [0.15, 0.2) is 5.79 Å². The number of hydrogen-bond acceptors (Lipinski definition) is 6. The molecule has 1 aliphatic heterocycles. The largest absolute Gasteiger partial charge is 0.351 e. The molecule has 1 aromatic rings. The highest BCUT2D eigenvalue weighted by atomic mass is 16.7. The first kappa shape index (κ1) is 14.0. The van der Waals surface area contributed by atoms with E-state index in [0.717, 1.165) is 0 Å². The molecule has 0 bridgehead atoms. The summed E-state index contributed by atoms with van der Waals surface area (Å²) in [6, 6.07) is -0.130. The lowest BCUT2D eigenvalue weighted by atomic mass is 10.2. The fraction of sp³-hybridized carbons (Fsp3) is 0.750. The van der Waals surface area contributed by atoms with Crippen LogP contribution in [0.25, 0.3) is 0 Å². The molecule has 7 nitrogen and oxygen atoms in total. The van der Waals surface area contributed by atoms with E-state index in [1.807, 2.05) is 20.8 Å². The molecule has 0 spiro atoms. The molecule has 1 saturated heterocycles. The summed E-state index contributed by atoms with van der Waals surface area (Å²) < 4.78 is 15.7. The second-order valence-corrected chi connectivity index (χ2v) is 5.20. The highest BCUT2D eigenvalue weighted by Gasteiger charge is 2.36. The van der Waals surface area contributed by atoms with E-state index in [4.69, 9.17) is 9.47 Å². The Hall–Kier alpha value is -1.47. The van der Waals surface area contributed by atoms with Crippen LogP contribution in [0.4, 0.5) is 0 Å². The van der Waals surface area contributed by atoms with E-state index in [1.165, 1.54) is 0 Å². The third-order valence-electron chi connectivity index (χ3n) is 3.05. The average Bonchev–Trinajstić information content (AvgIpc) is 2.85. The molecule has 19 heavy (non-hydrogen) atoms. The standard InChI is InChI=1S/C12H19N3O4/c1-7-9(15-19-14-7)5-11(16)13-8(2)10-6-17-12(3,4)18-10/h8,10H,5-6H2,1-4H3,(H,13,16)/t8-,10+/m0/s1. The van der Waals surface area contributed by atoms with Gasteiger partial charge in [0.25, 0.3) is 0 Å². The van der Waals surface area contributed by atoms with Gasteiger partial charge in [-0.3, -0.25) is 4.79 Å². The molecule has 2 rings (SSSR count). The summed E-state index contributed by atoms with van der Waals surface area (Å²) in [5.41, 5.74) is 1.18. The maximum Gasteiger partial charge on any atom is 0.226 e. The summed E-state index contributed by atoms with van der Waals surface area (Å²) in [5.74, 6) is -0.726. The quantitative estimate of drug-likeness (QED) is 0.860. The van der Waals surface area contributed by atoms with Crippen LogP contribution in [0, 0.1) is 6.92 Å². The van der Waals surface area contributed by atoms with Gasteiger partial charge in [0.2, 0.25) is 5.91 Å². The average molecular weight is 269 g/mol. The smallest absolute Gasteiger partial charge is 0.226 e. The molecule has 1 amide bonds. The van der Waals surface area contributed by atoms with E-state index in [-0.39, 0.29) is 24.5 Å². The van der Waals surface area contributed by atoms with Gasteiger partial charge in [-0.25, -0.2) is 4.63 Å². The van der Waals surface area contributed by atoms with Crippen molar-refractivity contribution in [3.63, 3.8) is 0 Å². The van der Waals surface area contributed by atoms with Crippen molar-refractivity contribution >= 4 is 5.91 Å². The van der Waals surface area contributed by atoms with Crippen LogP contribution in [0.3, 0.4) is 0 Å². The number of rotatable bonds is 4. The van der Waals surface area contributed by atoms with E-state index in [0.29, 0.717) is 18.0 Å². The number of carbonyl (C=O) groups is 1. The number of aryl methyl sites for hydroxylation is 1. The molecule has 0 radical (unpaired) electrons. The van der Waals surface area contributed by atoms with Crippen molar-refractivity contribution in [2.24, 2.45) is 0 Å². The molecule has 0 aromatic carbocycles. The van der Waals surface area contributed by atoms with Gasteiger partial charge in [-0.1, -0.05) is 10.3 Å². The van der Waals surface area contributed by atoms with Crippen LogP contribution in [-0.2, 0) is 20.7 Å². The summed E-state index contributed by atoms with van der Waals surface area (Å²) in [7, 11) is 0. The van der Waals surface area contributed by atoms with Crippen LogP contribution in [0.5, 0.6) is 0 Å². The summed E-state index contributed by atoms with van der Waals surface area (Å²) >= 11 is 0. The third-order valence-corrected chi connectivity index (χ3v) is 3.05. The van der Waals surface area contributed by atoms with E-state index < -0.39 is 5.79 Å². The van der Waals surface area contributed by atoms with Crippen LogP contribution < -0.4 is 5.32 Å². The van der Waals surface area contributed by atoms with Gasteiger partial charge < -0.3 is 14.8 Å². The molecule has 0 saturated carbocycles. The molecule has 1 aliphatic rings. The molecular weight excluding hydrogens is 250 g/mol. The molecule has 1 aromatic heterocycles. The van der Waals surface area contributed by atoms with Crippen molar-refractivity contribution in [2.45, 2.75) is 52.0 Å². The first-order valence-electron chi connectivity index (χ1n) is 6.26. The Morgan fingerprint density at radius 1 is 1.53 bits per heavy atom. The highest BCUT2D eigenvalue weighted by Crippen LogP contribution is 2.24. The second-order valence-electron chi connectivity index (χ2n) is 5.20. The Balaban J connectivity index is 1.84. The minimum Gasteiger partial charge on any atom is -0.351 e. The lowest BCUT2D eigenvalue weighted by Crippen LogP contribution is -2.43. The maximum atomic E-state index is 11.9. The summed E-state index contributed by atoms with van der Waals surface area (Å²) in [4.78, 5) is 11.9. The van der Waals surface area contributed by atoms with Crippen LogP contribution in [0.1, 0.15) is 32.2 Å². The molecule has 106 valence electrons. The summed E-state index contributed by atoms with van der Waals surface area (Å²) in [5, 5.41) is 10.2. The van der Waals surface area contributed by atoms with E-state index in [2.05, 4.69) is 20.3 Å². The minimum absolute atomic E-state index is 0.130. The first-order valence-corrected chi connectivity index (χ1v) is 6.26. The number of ether oxygens (including phenoxy) is 2. The summed E-state index contributed by atoms with van der Waals surface area (Å²) in [6.45, 7) is 7.82. The topological polar surface area (TPSA) is 86.5 Å². The molecular formula is C12H19N3O4. The van der Waals surface area contributed by atoms with Crippen molar-refractivity contribution in [2.75, 3.05) is 6.61 Å². The monoisotopic (exact) mass is 269 g/mol. The van der Waals surface area contributed by atoms with Gasteiger partial charge in [0.1, 0.15) is 17.5 Å². The molecule has 2 atom stereocenters. The van der Waals surface area contributed by atoms with Crippen molar-refractivity contribution in [3.05, 3.63) is 11.4 Å². The Kier molecular flexibility index (Phi) is 3.86. The van der Waals surface area contributed by atoms with Crippen molar-refractivity contribution in [3.8, 4) is 0 Å². The van der Waals surface area contributed by atoms with Gasteiger partial charge in [-0.2, -0.15) is 0 Å². The Morgan fingerprint density at radius 3 is 2.79 bits per heavy atom. The van der Waals surface area contributed by atoms with Crippen LogP contribution in [0.2, 0.25) is 0 Å². The lowest BCUT2D eigenvalue weighted by Gasteiger charge is -2.22. The third kappa shape index (κ3) is 3.51. The lowest BCUT2D eigenvalue weighted by molar-refractivity contribution is -0.143. The molecule has 7 heteroatoms. The van der Waals surface area contributed by atoms with Crippen LogP contribution in [-0.4, -0.2) is 40.8 Å². The Bertz CT molecular complexity index is 458. The maximum absolute atomic E-state index is 11.9. The van der Waals surface area contributed by atoms with Gasteiger partial charge in [-0.05, 0) is 27.7 Å². The molecule has 2 heterocycles. The van der Waals surface area contributed by atoms with Crippen molar-refractivity contribution in [1.82, 2.24) is 15.6 Å². The van der Waals surface area contributed by atoms with Crippen LogP contribution >= 0.6 is 0 Å². The summed E-state index contributed by atoms with van der Waals surface area (Å²) in [6.07, 6.45) is 0.00637. The molecule has 1 N–H and O–H groups in total. The number of hydrogen-bond donors (Lipinski definition) is 1. The van der Waals surface area contributed by atoms with Crippen molar-refractivity contribution < 1.29 is 18.9 Å². The zero-order chi connectivity index (χ0) is 14.0. The normalized spacial score (nSPS) is 23.3. The predicted molar refractivity (Wildman–Crippen MR) is 65.2 cm³/mol. The zero-order valence-corrected chi connectivity index (χ0v) is 11.6. The fourth-order valence-electron chi connectivity index (χ4n) is 1.92. The van der Waals surface area contributed by atoms with Gasteiger partial charge in [0.05, 0.1) is 19.1 Å². The second kappa shape index (κ2) is 5.26. The van der Waals surface area contributed by atoms with Gasteiger partial charge in [0, 0.05) is 0 Å². The highest BCUT2D eigenvalue weighted by molar-refractivity contribution is 5.78. The van der Waals surface area contributed by atoms with E-state index >= 15 is 0 Å². The number of nitrogens with zero attached hydrogens (tertiary/aromatic N) is 2. The number of carbonyl (C=O) groups excluding carboxylic acids is 1. The Morgan fingerprint density at radius 2 is 2.26 bits per heavy atom. The number of nitrogens with one attached hydrogen (secondary N) is 1. The first-order chi connectivity index (χ1) is 8.87. The van der Waals surface area contributed by atoms with Gasteiger partial charge >= 0.3 is 0 Å². The molecule has 0 unspecified atom stereocenters. The van der Waals surface area contributed by atoms with Crippen LogP contribution in [0.15, 0.2) is 4.63 Å². The van der Waals surface area contributed by atoms with E-state index in [9.17, 15) is 4.79 Å². The number of aromatic nitrogens is 2. The molecule has 0 aliphatic carbocycles. The molecule has 1 fully saturated rings. The SMILES string of the molecule is Cc1nonc1CC(=O)N[C@@H](C)[C@H]1COC(C)(C)O1. The zero-order valence-electron chi connectivity index (χ0n) is 11.6. The predicted octanol–water partition coefficient (Wildman–Crippen LogP) is 0.577. The van der Waals surface area contributed by atoms with E-state index in [1.54, 1.807) is 6.92 Å². The fourth-order valence-corrected chi connectivity index (χ4v) is 1.92. The minimum atomic E-state index is -0.587.